The maximum absolute atomic E-state index is 12.6. The maximum atomic E-state index is 12.6. The number of carbonyl (C=O) groups excluding carboxylic acids is 1. The number of carbonyl (C=O) groups is 2. The van der Waals surface area contributed by atoms with Gasteiger partial charge >= 0.3 is 19.8 Å². The van der Waals surface area contributed by atoms with Gasteiger partial charge in [-0.15, -0.1) is 0 Å². The van der Waals surface area contributed by atoms with Gasteiger partial charge in [-0.3, -0.25) is 18.6 Å². The van der Waals surface area contributed by atoms with Gasteiger partial charge in [-0.2, -0.15) is 0 Å². The first-order chi connectivity index (χ1) is 24.7. The van der Waals surface area contributed by atoms with Crippen LogP contribution in [0.1, 0.15) is 194 Å². The van der Waals surface area contributed by atoms with Crippen LogP contribution in [0.5, 0.6) is 0 Å². The van der Waals surface area contributed by atoms with Crippen molar-refractivity contribution in [3.63, 3.8) is 0 Å². The molecule has 0 heterocycles. The first kappa shape index (κ1) is 49.7. The van der Waals surface area contributed by atoms with Gasteiger partial charge in [0.25, 0.3) is 0 Å². The molecule has 0 saturated heterocycles. The molecule has 3 unspecified atom stereocenters. The Kier molecular flexibility index (Phi) is 36.1. The fourth-order valence-electron chi connectivity index (χ4n) is 5.77. The summed E-state index contributed by atoms with van der Waals surface area (Å²) in [7, 11) is -4.61. The number of ether oxygens (including phenoxy) is 2. The van der Waals surface area contributed by atoms with E-state index in [-0.39, 0.29) is 13.0 Å². The number of allylic oxidation sites excluding steroid dienone is 2. The summed E-state index contributed by atoms with van der Waals surface area (Å²) in [6, 6.07) is -1.47. The van der Waals surface area contributed by atoms with Crippen LogP contribution in [0.2, 0.25) is 0 Å². The highest BCUT2D eigenvalue weighted by molar-refractivity contribution is 7.47. The highest BCUT2D eigenvalue weighted by atomic mass is 31.2. The lowest BCUT2D eigenvalue weighted by Crippen LogP contribution is -2.34. The average Bonchev–Trinajstić information content (AvgIpc) is 3.10. The summed E-state index contributed by atoms with van der Waals surface area (Å²) in [6.07, 6.45) is 36.9. The number of nitrogens with two attached hydrogens (primary N) is 1. The first-order valence-electron chi connectivity index (χ1n) is 20.7. The fourth-order valence-corrected chi connectivity index (χ4v) is 6.55. The minimum atomic E-state index is -4.61. The summed E-state index contributed by atoms with van der Waals surface area (Å²) >= 11 is 0. The molecule has 51 heavy (non-hydrogen) atoms. The summed E-state index contributed by atoms with van der Waals surface area (Å²) in [5, 5.41) is 8.88. The van der Waals surface area contributed by atoms with Gasteiger partial charge in [-0.25, -0.2) is 4.57 Å². The lowest BCUT2D eigenvalue weighted by atomic mass is 10.0. The molecule has 0 aliphatic heterocycles. The summed E-state index contributed by atoms with van der Waals surface area (Å²) in [5.74, 6) is -1.78. The zero-order valence-electron chi connectivity index (χ0n) is 32.7. The van der Waals surface area contributed by atoms with E-state index in [9.17, 15) is 19.0 Å². The number of rotatable bonds is 40. The molecule has 0 bridgehead atoms. The van der Waals surface area contributed by atoms with E-state index in [1.165, 1.54) is 116 Å². The van der Waals surface area contributed by atoms with Crippen LogP contribution < -0.4 is 5.73 Å². The summed E-state index contributed by atoms with van der Waals surface area (Å²) < 4.78 is 33.3. The summed E-state index contributed by atoms with van der Waals surface area (Å²) in [5.41, 5.74) is 5.34. The predicted molar refractivity (Wildman–Crippen MR) is 208 cm³/mol. The lowest BCUT2D eigenvalue weighted by Gasteiger charge is -2.20. The molecule has 0 aromatic rings. The molecule has 0 aliphatic rings. The molecule has 11 heteroatoms. The quantitative estimate of drug-likeness (QED) is 0.0239. The van der Waals surface area contributed by atoms with Gasteiger partial charge in [0.2, 0.25) is 0 Å². The third kappa shape index (κ3) is 36.8. The highest BCUT2D eigenvalue weighted by Crippen LogP contribution is 2.43. The fraction of sp³-hybridized carbons (Fsp3) is 0.900. The topological polar surface area (TPSA) is 155 Å². The second-order valence-electron chi connectivity index (χ2n) is 14.1. The zero-order chi connectivity index (χ0) is 37.7. The van der Waals surface area contributed by atoms with E-state index in [1.54, 1.807) is 0 Å². The zero-order valence-corrected chi connectivity index (χ0v) is 33.6. The second-order valence-corrected chi connectivity index (χ2v) is 15.6. The first-order valence-corrected chi connectivity index (χ1v) is 22.2. The van der Waals surface area contributed by atoms with E-state index in [2.05, 4.69) is 26.0 Å². The largest absolute Gasteiger partial charge is 0.480 e. The molecule has 0 aliphatic carbocycles. The van der Waals surface area contributed by atoms with Gasteiger partial charge in [-0.1, -0.05) is 161 Å². The Morgan fingerprint density at radius 3 is 1.51 bits per heavy atom. The number of hydrogen-bond donors (Lipinski definition) is 3. The molecular weight excluding hydrogens is 669 g/mol. The standard InChI is InChI=1S/C40H78NO9P/c1-3-5-7-9-11-13-15-17-18-19-21-23-25-27-29-31-33-47-34-37(35-48-51(45,46)49-36-38(41)40(43)44)50-39(42)32-30-28-26-24-22-20-16-14-12-10-8-6-4-2/h14,16,37-38H,3-13,15,17-36,41H2,1-2H3,(H,43,44)(H,45,46)/b16-14-. The van der Waals surface area contributed by atoms with E-state index in [0.717, 1.165) is 51.4 Å². The number of unbranched alkanes of at least 4 members (excludes halogenated alkanes) is 24. The van der Waals surface area contributed by atoms with E-state index >= 15 is 0 Å². The summed E-state index contributed by atoms with van der Waals surface area (Å²) in [4.78, 5) is 33.4. The van der Waals surface area contributed by atoms with E-state index < -0.39 is 45.1 Å². The van der Waals surface area contributed by atoms with Crippen LogP contribution in [0, 0.1) is 0 Å². The van der Waals surface area contributed by atoms with E-state index in [4.69, 9.17) is 29.4 Å². The molecule has 0 rings (SSSR count). The van der Waals surface area contributed by atoms with Crippen LogP contribution in [0.3, 0.4) is 0 Å². The molecule has 0 fully saturated rings. The smallest absolute Gasteiger partial charge is 0.472 e. The van der Waals surface area contributed by atoms with Gasteiger partial charge in [0.1, 0.15) is 12.1 Å². The van der Waals surface area contributed by atoms with Crippen LogP contribution in [0.15, 0.2) is 12.2 Å². The minimum absolute atomic E-state index is 0.0191. The molecule has 0 saturated carbocycles. The third-order valence-corrected chi connectivity index (χ3v) is 10.00. The number of carboxylic acids is 1. The van der Waals surface area contributed by atoms with Crippen LogP contribution >= 0.6 is 7.82 Å². The molecule has 0 spiro atoms. The van der Waals surface area contributed by atoms with Gasteiger partial charge in [-0.05, 0) is 38.5 Å². The normalized spacial score (nSPS) is 14.1. The number of phosphoric ester groups is 1. The number of phosphoric acid groups is 1. The van der Waals surface area contributed by atoms with Crippen molar-refractivity contribution in [2.45, 2.75) is 206 Å². The lowest BCUT2D eigenvalue weighted by molar-refractivity contribution is -0.154. The van der Waals surface area contributed by atoms with Crippen molar-refractivity contribution < 1.29 is 42.7 Å². The second kappa shape index (κ2) is 37.0. The SMILES string of the molecule is CCCCCC/C=C\CCCCCCCC(=O)OC(COCCCCCCCCCCCCCCCCCC)COP(=O)(O)OCC(N)C(=O)O. The molecule has 10 nitrogen and oxygen atoms in total. The molecule has 0 radical (unpaired) electrons. The highest BCUT2D eigenvalue weighted by Gasteiger charge is 2.27. The van der Waals surface area contributed by atoms with Crippen LogP contribution in [0.25, 0.3) is 0 Å². The number of carboxylic acid groups (broad SMARTS) is 1. The van der Waals surface area contributed by atoms with Gasteiger partial charge < -0.3 is 25.2 Å². The predicted octanol–water partition coefficient (Wildman–Crippen LogP) is 11.0. The van der Waals surface area contributed by atoms with Gasteiger partial charge in [0.05, 0.1) is 19.8 Å². The molecule has 3 atom stereocenters. The minimum Gasteiger partial charge on any atom is -0.480 e. The van der Waals surface area contributed by atoms with Gasteiger partial charge in [0, 0.05) is 13.0 Å². The van der Waals surface area contributed by atoms with E-state index in [1.807, 2.05) is 0 Å². The Hall–Kier alpha value is -1.29. The maximum Gasteiger partial charge on any atom is 0.472 e. The van der Waals surface area contributed by atoms with Crippen molar-refractivity contribution in [3.05, 3.63) is 12.2 Å². The Balaban J connectivity index is 4.24. The van der Waals surface area contributed by atoms with Crippen molar-refractivity contribution in [2.75, 3.05) is 26.4 Å². The van der Waals surface area contributed by atoms with Crippen molar-refractivity contribution in [2.24, 2.45) is 5.73 Å². The van der Waals surface area contributed by atoms with Crippen LogP contribution in [-0.4, -0.2) is 60.5 Å². The van der Waals surface area contributed by atoms with Crippen molar-refractivity contribution in [1.82, 2.24) is 0 Å². The van der Waals surface area contributed by atoms with Crippen LogP contribution in [-0.2, 0) is 32.7 Å². The molecule has 302 valence electrons. The third-order valence-electron chi connectivity index (χ3n) is 9.04. The number of esters is 1. The van der Waals surface area contributed by atoms with E-state index in [0.29, 0.717) is 13.0 Å². The Morgan fingerprint density at radius 1 is 0.608 bits per heavy atom. The molecule has 0 amide bonds. The van der Waals surface area contributed by atoms with Crippen LogP contribution in [0.4, 0.5) is 0 Å². The average molecular weight is 748 g/mol. The Labute approximate surface area is 312 Å². The van der Waals surface area contributed by atoms with Crippen molar-refractivity contribution in [3.8, 4) is 0 Å². The molecular formula is C40H78NO9P. The summed E-state index contributed by atoms with van der Waals surface area (Å²) in [6.45, 7) is 3.88. The monoisotopic (exact) mass is 748 g/mol. The number of aliphatic carboxylic acids is 1. The number of hydrogen-bond acceptors (Lipinski definition) is 8. The molecule has 0 aromatic heterocycles. The Bertz CT molecular complexity index is 873. The van der Waals surface area contributed by atoms with Gasteiger partial charge in [0.15, 0.2) is 0 Å². The Morgan fingerprint density at radius 2 is 1.02 bits per heavy atom. The van der Waals surface area contributed by atoms with Crippen molar-refractivity contribution in [1.29, 1.82) is 0 Å². The van der Waals surface area contributed by atoms with Crippen molar-refractivity contribution >= 4 is 19.8 Å². The molecule has 4 N–H and O–H groups in total. The molecule has 0 aromatic carbocycles.